The van der Waals surface area contributed by atoms with Crippen molar-refractivity contribution < 1.29 is 9.59 Å². The normalized spacial score (nSPS) is 12.0. The average molecular weight is 368 g/mol. The second-order valence-electron chi connectivity index (χ2n) is 5.60. The standard InChI is InChI=1S/C17H16N6O2S/c1-18-23(19-2)17(25)20-11-5-3-4-10-12(11)16(24)13-14(21-22-15(10)13)9-6-7-26-8-9/h3-8,18-19H,1-2H3,(H,20,25)(H,21,22). The molecule has 0 aliphatic heterocycles. The molecule has 0 radical (unpaired) electrons. The highest BCUT2D eigenvalue weighted by atomic mass is 32.1. The van der Waals surface area contributed by atoms with Crippen LogP contribution in [0.5, 0.6) is 0 Å². The van der Waals surface area contributed by atoms with Crippen molar-refractivity contribution >= 4 is 28.8 Å². The second-order valence-corrected chi connectivity index (χ2v) is 6.38. The third-order valence-electron chi connectivity index (χ3n) is 4.24. The number of rotatable bonds is 4. The monoisotopic (exact) mass is 368 g/mol. The van der Waals surface area contributed by atoms with Gasteiger partial charge in [-0.3, -0.25) is 9.89 Å². The van der Waals surface area contributed by atoms with Crippen LogP contribution >= 0.6 is 11.3 Å². The van der Waals surface area contributed by atoms with Crippen LogP contribution in [0.15, 0.2) is 35.0 Å². The van der Waals surface area contributed by atoms with Crippen molar-refractivity contribution in [3.63, 3.8) is 0 Å². The molecule has 0 saturated carbocycles. The summed E-state index contributed by atoms with van der Waals surface area (Å²) in [6, 6.07) is 6.85. The number of carbonyl (C=O) groups is 2. The summed E-state index contributed by atoms with van der Waals surface area (Å²) in [5.74, 6) is -0.152. The van der Waals surface area contributed by atoms with E-state index in [1.165, 1.54) is 5.12 Å². The number of hydrazine groups is 2. The molecule has 0 fully saturated rings. The maximum absolute atomic E-state index is 13.1. The largest absolute Gasteiger partial charge is 0.351 e. The first-order valence-electron chi connectivity index (χ1n) is 7.90. The fourth-order valence-corrected chi connectivity index (χ4v) is 3.73. The number of nitrogens with zero attached hydrogens (tertiary/aromatic N) is 2. The van der Waals surface area contributed by atoms with Crippen LogP contribution < -0.4 is 16.2 Å². The summed E-state index contributed by atoms with van der Waals surface area (Å²) >= 11 is 1.55. The summed E-state index contributed by atoms with van der Waals surface area (Å²) in [6.07, 6.45) is 0. The van der Waals surface area contributed by atoms with Gasteiger partial charge in [-0.05, 0) is 17.5 Å². The number of nitrogens with one attached hydrogen (secondary N) is 4. The third kappa shape index (κ3) is 2.41. The fraction of sp³-hybridized carbons (Fsp3) is 0.118. The second kappa shape index (κ2) is 6.37. The van der Waals surface area contributed by atoms with Crippen LogP contribution in [0.1, 0.15) is 15.9 Å². The summed E-state index contributed by atoms with van der Waals surface area (Å²) in [5, 5.41) is 15.1. The Morgan fingerprint density at radius 1 is 1.19 bits per heavy atom. The highest BCUT2D eigenvalue weighted by Crippen LogP contribution is 2.43. The molecule has 0 unspecified atom stereocenters. The number of carbonyl (C=O) groups excluding carboxylic acids is 2. The van der Waals surface area contributed by atoms with Gasteiger partial charge in [-0.15, -0.1) is 0 Å². The molecule has 0 bridgehead atoms. The first-order valence-corrected chi connectivity index (χ1v) is 8.85. The zero-order valence-corrected chi connectivity index (χ0v) is 14.9. The minimum absolute atomic E-state index is 0.152. The predicted octanol–water partition coefficient (Wildman–Crippen LogP) is 2.45. The maximum Gasteiger partial charge on any atom is 0.351 e. The minimum Gasteiger partial charge on any atom is -0.305 e. The number of aromatic nitrogens is 2. The number of fused-ring (bicyclic) bond motifs is 3. The Hall–Kier alpha value is -3.01. The first-order chi connectivity index (χ1) is 12.7. The van der Waals surface area contributed by atoms with Crippen molar-refractivity contribution in [3.8, 4) is 22.5 Å². The van der Waals surface area contributed by atoms with E-state index < -0.39 is 6.03 Å². The lowest BCUT2D eigenvalue weighted by Gasteiger charge is -2.20. The smallest absolute Gasteiger partial charge is 0.305 e. The highest BCUT2D eigenvalue weighted by Gasteiger charge is 2.35. The van der Waals surface area contributed by atoms with Gasteiger partial charge >= 0.3 is 6.03 Å². The molecule has 4 rings (SSSR count). The number of amides is 2. The van der Waals surface area contributed by atoms with E-state index in [0.717, 1.165) is 11.1 Å². The van der Waals surface area contributed by atoms with Gasteiger partial charge in [0.25, 0.3) is 0 Å². The van der Waals surface area contributed by atoms with E-state index in [1.54, 1.807) is 37.6 Å². The topological polar surface area (TPSA) is 102 Å². The van der Waals surface area contributed by atoms with Crippen molar-refractivity contribution in [2.45, 2.75) is 0 Å². The summed E-state index contributed by atoms with van der Waals surface area (Å²) in [6.45, 7) is 0. The number of anilines is 1. The van der Waals surface area contributed by atoms with E-state index in [1.807, 2.05) is 22.9 Å². The van der Waals surface area contributed by atoms with E-state index in [9.17, 15) is 9.59 Å². The molecule has 0 atom stereocenters. The molecule has 2 amide bonds. The molecule has 0 saturated heterocycles. The lowest BCUT2D eigenvalue weighted by atomic mass is 10.1. The molecule has 9 heteroatoms. The number of hydrogen-bond acceptors (Lipinski definition) is 6. The molecular formula is C17H16N6O2S. The Bertz CT molecular complexity index is 991. The Balaban J connectivity index is 1.75. The van der Waals surface area contributed by atoms with Crippen LogP contribution in [-0.2, 0) is 0 Å². The van der Waals surface area contributed by atoms with Crippen LogP contribution in [0.25, 0.3) is 22.5 Å². The molecule has 8 nitrogen and oxygen atoms in total. The summed E-state index contributed by atoms with van der Waals surface area (Å²) in [4.78, 5) is 25.4. The van der Waals surface area contributed by atoms with Gasteiger partial charge in [0.2, 0.25) is 0 Å². The highest BCUT2D eigenvalue weighted by molar-refractivity contribution is 7.08. The Morgan fingerprint density at radius 2 is 2.00 bits per heavy atom. The first kappa shape index (κ1) is 16.5. The minimum atomic E-state index is -0.428. The van der Waals surface area contributed by atoms with Gasteiger partial charge in [-0.1, -0.05) is 12.1 Å². The van der Waals surface area contributed by atoms with Gasteiger partial charge in [-0.2, -0.15) is 21.6 Å². The fourth-order valence-electron chi connectivity index (χ4n) is 3.09. The number of H-pyrrole nitrogens is 1. The number of benzene rings is 1. The predicted molar refractivity (Wildman–Crippen MR) is 99.7 cm³/mol. The van der Waals surface area contributed by atoms with Crippen LogP contribution in [0.4, 0.5) is 10.5 Å². The van der Waals surface area contributed by atoms with Crippen molar-refractivity contribution in [2.75, 3.05) is 19.4 Å². The number of aromatic amines is 1. The van der Waals surface area contributed by atoms with Gasteiger partial charge in [-0.25, -0.2) is 15.6 Å². The van der Waals surface area contributed by atoms with Crippen LogP contribution in [0.2, 0.25) is 0 Å². The molecular weight excluding hydrogens is 352 g/mol. The number of thiophene rings is 1. The number of hydrogen-bond donors (Lipinski definition) is 4. The van der Waals surface area contributed by atoms with Crippen LogP contribution in [-0.4, -0.2) is 41.2 Å². The van der Waals surface area contributed by atoms with E-state index in [4.69, 9.17) is 0 Å². The number of ketones is 1. The zero-order chi connectivity index (χ0) is 18.3. The molecule has 0 spiro atoms. The molecule has 132 valence electrons. The van der Waals surface area contributed by atoms with Gasteiger partial charge in [0.05, 0.1) is 22.5 Å². The molecule has 2 aromatic heterocycles. The lowest BCUT2D eigenvalue weighted by Crippen LogP contribution is -2.50. The van der Waals surface area contributed by atoms with E-state index >= 15 is 0 Å². The molecule has 1 aliphatic carbocycles. The summed E-state index contributed by atoms with van der Waals surface area (Å²) in [5.41, 5.74) is 9.81. The molecule has 26 heavy (non-hydrogen) atoms. The Morgan fingerprint density at radius 3 is 2.69 bits per heavy atom. The molecule has 2 heterocycles. The third-order valence-corrected chi connectivity index (χ3v) is 4.92. The van der Waals surface area contributed by atoms with Crippen molar-refractivity contribution in [3.05, 3.63) is 46.2 Å². The summed E-state index contributed by atoms with van der Waals surface area (Å²) < 4.78 is 0. The van der Waals surface area contributed by atoms with Gasteiger partial charge in [0.1, 0.15) is 5.69 Å². The zero-order valence-electron chi connectivity index (χ0n) is 14.1. The average Bonchev–Trinajstić information content (AvgIpc) is 3.35. The van der Waals surface area contributed by atoms with E-state index in [0.29, 0.717) is 28.2 Å². The number of urea groups is 1. The van der Waals surface area contributed by atoms with Crippen molar-refractivity contribution in [1.29, 1.82) is 0 Å². The molecule has 4 N–H and O–H groups in total. The Labute approximate surface area is 153 Å². The van der Waals surface area contributed by atoms with Gasteiger partial charge < -0.3 is 5.32 Å². The summed E-state index contributed by atoms with van der Waals surface area (Å²) in [7, 11) is 3.22. The van der Waals surface area contributed by atoms with E-state index in [2.05, 4.69) is 26.4 Å². The van der Waals surface area contributed by atoms with Crippen molar-refractivity contribution in [1.82, 2.24) is 26.2 Å². The maximum atomic E-state index is 13.1. The van der Waals surface area contributed by atoms with Crippen LogP contribution in [0.3, 0.4) is 0 Å². The molecule has 1 aliphatic rings. The lowest BCUT2D eigenvalue weighted by molar-refractivity contribution is 0.104. The van der Waals surface area contributed by atoms with Gasteiger partial charge in [0, 0.05) is 30.6 Å². The molecule has 3 aromatic rings. The van der Waals surface area contributed by atoms with Crippen LogP contribution in [0, 0.1) is 0 Å². The Kier molecular flexibility index (Phi) is 4.03. The van der Waals surface area contributed by atoms with E-state index in [-0.39, 0.29) is 5.78 Å². The molecule has 1 aromatic carbocycles. The SMILES string of the molecule is CNN(NC)C(=O)Nc1cccc2c1C(=O)c1c(-c3ccsc3)n[nH]c1-2. The van der Waals surface area contributed by atoms with Crippen molar-refractivity contribution in [2.24, 2.45) is 0 Å². The van der Waals surface area contributed by atoms with Gasteiger partial charge in [0.15, 0.2) is 5.78 Å². The quantitative estimate of drug-likeness (QED) is 0.415.